The average molecular weight is 279 g/mol. The molecule has 20 heavy (non-hydrogen) atoms. The summed E-state index contributed by atoms with van der Waals surface area (Å²) in [6.45, 7) is 6.35. The first-order valence-corrected chi connectivity index (χ1v) is 7.18. The number of nitrogens with zero attached hydrogens (tertiary/aromatic N) is 1. The maximum Gasteiger partial charge on any atom is 0.324 e. The van der Waals surface area contributed by atoms with Gasteiger partial charge in [0.15, 0.2) is 0 Å². The van der Waals surface area contributed by atoms with Crippen molar-refractivity contribution in [2.45, 2.75) is 51.6 Å². The van der Waals surface area contributed by atoms with Gasteiger partial charge in [0, 0.05) is 6.04 Å². The molecule has 0 aromatic heterocycles. The van der Waals surface area contributed by atoms with Gasteiger partial charge in [-0.1, -0.05) is 19.1 Å². The van der Waals surface area contributed by atoms with Gasteiger partial charge in [-0.2, -0.15) is 0 Å². The summed E-state index contributed by atoms with van der Waals surface area (Å²) in [5, 5.41) is 9.61. The van der Waals surface area contributed by atoms with Crippen LogP contribution >= 0.6 is 0 Å². The molecule has 2 atom stereocenters. The Balaban J connectivity index is 2.34. The highest BCUT2D eigenvalue weighted by Gasteiger charge is 2.48. The molecular formula is C16H22FNO2. The summed E-state index contributed by atoms with van der Waals surface area (Å²) in [5.74, 6) is -0.997. The molecular weight excluding hydrogens is 257 g/mol. The summed E-state index contributed by atoms with van der Waals surface area (Å²) >= 11 is 0. The zero-order chi connectivity index (χ0) is 14.9. The van der Waals surface area contributed by atoms with Gasteiger partial charge in [-0.3, -0.25) is 9.69 Å². The molecule has 0 bridgehead atoms. The lowest BCUT2D eigenvalue weighted by Gasteiger charge is -2.38. The van der Waals surface area contributed by atoms with Crippen molar-refractivity contribution in [2.24, 2.45) is 0 Å². The summed E-state index contributed by atoms with van der Waals surface area (Å²) in [7, 11) is 0. The molecule has 1 aliphatic rings. The van der Waals surface area contributed by atoms with Crippen LogP contribution in [0.1, 0.15) is 50.3 Å². The Morgan fingerprint density at radius 3 is 2.80 bits per heavy atom. The minimum Gasteiger partial charge on any atom is -0.480 e. The Kier molecular flexibility index (Phi) is 4.14. The Morgan fingerprint density at radius 2 is 2.25 bits per heavy atom. The van der Waals surface area contributed by atoms with E-state index in [1.807, 2.05) is 24.8 Å². The summed E-state index contributed by atoms with van der Waals surface area (Å²) in [5.41, 5.74) is 0.650. The summed E-state index contributed by atoms with van der Waals surface area (Å²) < 4.78 is 13.7. The van der Waals surface area contributed by atoms with E-state index in [-0.39, 0.29) is 11.9 Å². The Hall–Kier alpha value is -1.42. The van der Waals surface area contributed by atoms with Crippen LogP contribution in [0, 0.1) is 12.7 Å². The van der Waals surface area contributed by atoms with Gasteiger partial charge in [0.1, 0.15) is 11.4 Å². The van der Waals surface area contributed by atoms with E-state index in [9.17, 15) is 14.3 Å². The van der Waals surface area contributed by atoms with Crippen LogP contribution in [-0.2, 0) is 4.79 Å². The standard InChI is InChI=1S/C16H22FNO2/c1-4-16(15(19)20)8-5-9-18(16)12(3)13-7-6-11(2)14(17)10-13/h6-7,10,12H,4-5,8-9H2,1-3H3,(H,19,20). The first-order valence-electron chi connectivity index (χ1n) is 7.18. The van der Waals surface area contributed by atoms with Crippen LogP contribution in [-0.4, -0.2) is 28.1 Å². The Bertz CT molecular complexity index is 517. The van der Waals surface area contributed by atoms with Crippen molar-refractivity contribution in [1.82, 2.24) is 4.90 Å². The molecule has 1 N–H and O–H groups in total. The SMILES string of the molecule is CCC1(C(=O)O)CCCN1C(C)c1ccc(C)c(F)c1. The van der Waals surface area contributed by atoms with Gasteiger partial charge in [0.25, 0.3) is 0 Å². The second-order valence-corrected chi connectivity index (χ2v) is 5.67. The van der Waals surface area contributed by atoms with Crippen molar-refractivity contribution in [1.29, 1.82) is 0 Å². The van der Waals surface area contributed by atoms with Gasteiger partial charge in [-0.15, -0.1) is 0 Å². The molecule has 0 aliphatic carbocycles. The molecule has 1 aromatic rings. The van der Waals surface area contributed by atoms with Crippen molar-refractivity contribution in [3.05, 3.63) is 35.1 Å². The molecule has 1 fully saturated rings. The number of hydrogen-bond acceptors (Lipinski definition) is 2. The maximum absolute atomic E-state index is 13.7. The quantitative estimate of drug-likeness (QED) is 0.916. The van der Waals surface area contributed by atoms with Crippen molar-refractivity contribution in [3.63, 3.8) is 0 Å². The Morgan fingerprint density at radius 1 is 1.55 bits per heavy atom. The van der Waals surface area contributed by atoms with E-state index in [0.29, 0.717) is 18.4 Å². The van der Waals surface area contributed by atoms with Crippen molar-refractivity contribution >= 4 is 5.97 Å². The number of benzene rings is 1. The molecule has 110 valence electrons. The highest BCUT2D eigenvalue weighted by atomic mass is 19.1. The Labute approximate surface area is 119 Å². The minimum atomic E-state index is -0.805. The topological polar surface area (TPSA) is 40.5 Å². The van der Waals surface area contributed by atoms with Gasteiger partial charge < -0.3 is 5.11 Å². The van der Waals surface area contributed by atoms with Crippen LogP contribution in [0.4, 0.5) is 4.39 Å². The molecule has 0 radical (unpaired) electrons. The van der Waals surface area contributed by atoms with Gasteiger partial charge in [0.2, 0.25) is 0 Å². The average Bonchev–Trinajstić information content (AvgIpc) is 2.86. The predicted octanol–water partition coefficient (Wildman–Crippen LogP) is 3.52. The molecule has 0 spiro atoms. The lowest BCUT2D eigenvalue weighted by atomic mass is 9.90. The predicted molar refractivity (Wildman–Crippen MR) is 76.1 cm³/mol. The summed E-state index contributed by atoms with van der Waals surface area (Å²) in [6.07, 6.45) is 2.11. The van der Waals surface area contributed by atoms with Crippen LogP contribution in [0.15, 0.2) is 18.2 Å². The molecule has 4 heteroatoms. The van der Waals surface area contributed by atoms with Crippen molar-refractivity contribution in [2.75, 3.05) is 6.54 Å². The van der Waals surface area contributed by atoms with Crippen LogP contribution in [0.3, 0.4) is 0 Å². The lowest BCUT2D eigenvalue weighted by Crippen LogP contribution is -2.50. The lowest BCUT2D eigenvalue weighted by molar-refractivity contribution is -0.151. The number of halogens is 1. The molecule has 2 unspecified atom stereocenters. The van der Waals surface area contributed by atoms with Crippen LogP contribution in [0.5, 0.6) is 0 Å². The van der Waals surface area contributed by atoms with Crippen LogP contribution < -0.4 is 0 Å². The van der Waals surface area contributed by atoms with E-state index >= 15 is 0 Å². The van der Waals surface area contributed by atoms with E-state index in [2.05, 4.69) is 0 Å². The first-order chi connectivity index (χ1) is 9.42. The molecule has 0 saturated carbocycles. The maximum atomic E-state index is 13.7. The van der Waals surface area contributed by atoms with E-state index in [1.54, 1.807) is 13.0 Å². The largest absolute Gasteiger partial charge is 0.480 e. The fraction of sp³-hybridized carbons (Fsp3) is 0.562. The van der Waals surface area contributed by atoms with Crippen molar-refractivity contribution in [3.8, 4) is 0 Å². The second-order valence-electron chi connectivity index (χ2n) is 5.67. The number of hydrogen-bond donors (Lipinski definition) is 1. The zero-order valence-electron chi connectivity index (χ0n) is 12.3. The fourth-order valence-corrected chi connectivity index (χ4v) is 3.27. The number of likely N-dealkylation sites (tertiary alicyclic amines) is 1. The molecule has 3 nitrogen and oxygen atoms in total. The normalized spacial score (nSPS) is 24.8. The highest BCUT2D eigenvalue weighted by molar-refractivity contribution is 5.79. The third kappa shape index (κ3) is 2.33. The monoisotopic (exact) mass is 279 g/mol. The van der Waals surface area contributed by atoms with E-state index < -0.39 is 11.5 Å². The summed E-state index contributed by atoms with van der Waals surface area (Å²) in [6, 6.07) is 5.08. The zero-order valence-corrected chi connectivity index (χ0v) is 12.3. The summed E-state index contributed by atoms with van der Waals surface area (Å²) in [4.78, 5) is 13.7. The first kappa shape index (κ1) is 15.0. The van der Waals surface area contributed by atoms with E-state index in [4.69, 9.17) is 0 Å². The number of aliphatic carboxylic acids is 1. The minimum absolute atomic E-state index is 0.0938. The van der Waals surface area contributed by atoms with Gasteiger partial charge in [-0.05, 0) is 56.8 Å². The van der Waals surface area contributed by atoms with Gasteiger partial charge in [0.05, 0.1) is 0 Å². The van der Waals surface area contributed by atoms with Crippen LogP contribution in [0.25, 0.3) is 0 Å². The smallest absolute Gasteiger partial charge is 0.324 e. The number of carboxylic acids is 1. The van der Waals surface area contributed by atoms with Crippen LogP contribution in [0.2, 0.25) is 0 Å². The molecule has 1 aromatic carbocycles. The number of rotatable bonds is 4. The second kappa shape index (κ2) is 5.52. The van der Waals surface area contributed by atoms with Gasteiger partial charge >= 0.3 is 5.97 Å². The molecule has 0 amide bonds. The fourth-order valence-electron chi connectivity index (χ4n) is 3.27. The highest BCUT2D eigenvalue weighted by Crippen LogP contribution is 2.39. The molecule has 1 aliphatic heterocycles. The third-order valence-electron chi connectivity index (χ3n) is 4.67. The molecule has 1 heterocycles. The third-order valence-corrected chi connectivity index (χ3v) is 4.67. The molecule has 1 saturated heterocycles. The number of carboxylic acid groups (broad SMARTS) is 1. The van der Waals surface area contributed by atoms with E-state index in [0.717, 1.165) is 18.5 Å². The van der Waals surface area contributed by atoms with Gasteiger partial charge in [-0.25, -0.2) is 4.39 Å². The van der Waals surface area contributed by atoms with E-state index in [1.165, 1.54) is 6.07 Å². The number of aryl methyl sites for hydroxylation is 1. The molecule has 2 rings (SSSR count). The number of carbonyl (C=O) groups is 1. The van der Waals surface area contributed by atoms with Crippen molar-refractivity contribution < 1.29 is 14.3 Å².